The van der Waals surface area contributed by atoms with E-state index in [-0.39, 0.29) is 10.9 Å². The third-order valence-corrected chi connectivity index (χ3v) is 4.25. The van der Waals surface area contributed by atoms with Crippen molar-refractivity contribution in [3.05, 3.63) is 34.7 Å². The second-order valence-electron chi connectivity index (χ2n) is 5.10. The van der Waals surface area contributed by atoms with Crippen LogP contribution in [0.25, 0.3) is 10.9 Å². The number of hydrogen-bond acceptors (Lipinski definition) is 1. The molecule has 0 radical (unpaired) electrons. The van der Waals surface area contributed by atoms with Gasteiger partial charge in [0.2, 0.25) is 0 Å². The second-order valence-corrected chi connectivity index (χ2v) is 5.51. The minimum Gasteiger partial charge on any atom is -0.465 e. The molecule has 4 nitrogen and oxygen atoms in total. The van der Waals surface area contributed by atoms with Gasteiger partial charge < -0.3 is 15.0 Å². The maximum atomic E-state index is 13.4. The summed E-state index contributed by atoms with van der Waals surface area (Å²) in [5, 5.41) is 9.99. The van der Waals surface area contributed by atoms with Crippen molar-refractivity contribution in [3.63, 3.8) is 0 Å². The van der Waals surface area contributed by atoms with Crippen molar-refractivity contribution in [1.29, 1.82) is 0 Å². The van der Waals surface area contributed by atoms with Gasteiger partial charge in [0.1, 0.15) is 5.82 Å². The molecule has 106 valence electrons. The van der Waals surface area contributed by atoms with Gasteiger partial charge in [0.05, 0.1) is 5.02 Å². The largest absolute Gasteiger partial charge is 0.465 e. The van der Waals surface area contributed by atoms with Gasteiger partial charge in [0.25, 0.3) is 0 Å². The number of halogens is 2. The predicted octanol–water partition coefficient (Wildman–Crippen LogP) is 3.82. The molecule has 2 heterocycles. The summed E-state index contributed by atoms with van der Waals surface area (Å²) >= 11 is 5.85. The molecule has 20 heavy (non-hydrogen) atoms. The van der Waals surface area contributed by atoms with E-state index in [4.69, 9.17) is 16.7 Å². The monoisotopic (exact) mass is 296 g/mol. The Morgan fingerprint density at radius 2 is 2.10 bits per heavy atom. The SMILES string of the molecule is O=C(O)N1CCC(c2c[nH]c3cc(F)c(Cl)cc23)CC1. The van der Waals surface area contributed by atoms with Crippen LogP contribution in [0, 0.1) is 5.82 Å². The lowest BCUT2D eigenvalue weighted by Gasteiger charge is -2.29. The lowest BCUT2D eigenvalue weighted by atomic mass is 9.89. The summed E-state index contributed by atoms with van der Waals surface area (Å²) in [6.45, 7) is 1.06. The van der Waals surface area contributed by atoms with Gasteiger partial charge in [-0.25, -0.2) is 9.18 Å². The maximum Gasteiger partial charge on any atom is 0.407 e. The number of carbonyl (C=O) groups is 1. The molecule has 1 aliphatic heterocycles. The number of hydrogen-bond donors (Lipinski definition) is 2. The molecule has 2 aromatic rings. The van der Waals surface area contributed by atoms with E-state index in [9.17, 15) is 9.18 Å². The van der Waals surface area contributed by atoms with Crippen molar-refractivity contribution < 1.29 is 14.3 Å². The highest BCUT2D eigenvalue weighted by Gasteiger charge is 2.25. The second kappa shape index (κ2) is 4.98. The minimum absolute atomic E-state index is 0.112. The van der Waals surface area contributed by atoms with E-state index in [1.807, 2.05) is 6.20 Å². The molecule has 0 aliphatic carbocycles. The molecule has 0 unspecified atom stereocenters. The molecule has 1 aromatic heterocycles. The van der Waals surface area contributed by atoms with Gasteiger partial charge in [-0.2, -0.15) is 0 Å². The lowest BCUT2D eigenvalue weighted by molar-refractivity contribution is 0.132. The summed E-state index contributed by atoms with van der Waals surface area (Å²) in [6, 6.07) is 3.04. The first kappa shape index (κ1) is 13.2. The zero-order valence-corrected chi connectivity index (χ0v) is 11.5. The van der Waals surface area contributed by atoms with E-state index >= 15 is 0 Å². The molecule has 0 atom stereocenters. The summed E-state index contributed by atoms with van der Waals surface area (Å²) in [4.78, 5) is 15.4. The summed E-state index contributed by atoms with van der Waals surface area (Å²) in [5.74, 6) is -0.158. The van der Waals surface area contributed by atoms with Crippen molar-refractivity contribution in [2.24, 2.45) is 0 Å². The van der Waals surface area contributed by atoms with E-state index in [2.05, 4.69) is 4.98 Å². The van der Waals surface area contributed by atoms with Gasteiger partial charge in [-0.1, -0.05) is 11.6 Å². The normalized spacial score (nSPS) is 16.8. The van der Waals surface area contributed by atoms with Gasteiger partial charge in [0.15, 0.2) is 0 Å². The highest BCUT2D eigenvalue weighted by Crippen LogP contribution is 2.34. The first-order valence-electron chi connectivity index (χ1n) is 6.50. The van der Waals surface area contributed by atoms with Crippen LogP contribution in [-0.4, -0.2) is 34.2 Å². The summed E-state index contributed by atoms with van der Waals surface area (Å²) in [5.41, 5.74) is 1.81. The molecular weight excluding hydrogens is 283 g/mol. The van der Waals surface area contributed by atoms with Crippen LogP contribution in [0.2, 0.25) is 5.02 Å². The number of nitrogens with one attached hydrogen (secondary N) is 1. The van der Waals surface area contributed by atoms with Crippen LogP contribution >= 0.6 is 11.6 Å². The number of rotatable bonds is 1. The molecule has 2 N–H and O–H groups in total. The Morgan fingerprint density at radius 3 is 2.75 bits per heavy atom. The Balaban J connectivity index is 1.88. The van der Waals surface area contributed by atoms with Crippen LogP contribution in [0.15, 0.2) is 18.3 Å². The molecule has 6 heteroatoms. The molecule has 1 aromatic carbocycles. The summed E-state index contributed by atoms with van der Waals surface area (Å²) in [7, 11) is 0. The van der Waals surface area contributed by atoms with Crippen molar-refractivity contribution in [1.82, 2.24) is 9.88 Å². The van der Waals surface area contributed by atoms with Crippen LogP contribution in [0.4, 0.5) is 9.18 Å². The number of fused-ring (bicyclic) bond motifs is 1. The van der Waals surface area contributed by atoms with Gasteiger partial charge in [-0.05, 0) is 36.5 Å². The molecule has 0 bridgehead atoms. The first-order valence-corrected chi connectivity index (χ1v) is 6.88. The average Bonchev–Trinajstić information content (AvgIpc) is 2.82. The number of aromatic amines is 1. The van der Waals surface area contributed by atoms with Gasteiger partial charge in [-0.3, -0.25) is 0 Å². The summed E-state index contributed by atoms with van der Waals surface area (Å²) in [6.07, 6.45) is 2.55. The molecule has 1 saturated heterocycles. The molecule has 0 spiro atoms. The Labute approximate surface area is 120 Å². The van der Waals surface area contributed by atoms with Crippen molar-refractivity contribution in [2.75, 3.05) is 13.1 Å². The molecular formula is C14H14ClFN2O2. The van der Waals surface area contributed by atoms with Crippen molar-refractivity contribution in [3.8, 4) is 0 Å². The van der Waals surface area contributed by atoms with Crippen LogP contribution in [0.3, 0.4) is 0 Å². The number of carboxylic acid groups (broad SMARTS) is 1. The number of likely N-dealkylation sites (tertiary alicyclic amines) is 1. The maximum absolute atomic E-state index is 13.4. The Hall–Kier alpha value is -1.75. The molecule has 1 aliphatic rings. The number of benzene rings is 1. The number of piperidine rings is 1. The van der Waals surface area contributed by atoms with E-state index in [0.717, 1.165) is 29.3 Å². The fourth-order valence-corrected chi connectivity index (χ4v) is 3.02. The van der Waals surface area contributed by atoms with Crippen molar-refractivity contribution >= 4 is 28.6 Å². The van der Waals surface area contributed by atoms with E-state index in [0.29, 0.717) is 13.1 Å². The fourth-order valence-electron chi connectivity index (χ4n) is 2.86. The number of nitrogens with zero attached hydrogens (tertiary/aromatic N) is 1. The van der Waals surface area contributed by atoms with Gasteiger partial charge >= 0.3 is 6.09 Å². The quantitative estimate of drug-likeness (QED) is 0.840. The third-order valence-electron chi connectivity index (χ3n) is 3.96. The topological polar surface area (TPSA) is 56.3 Å². The number of amides is 1. The summed E-state index contributed by atoms with van der Waals surface area (Å²) < 4.78 is 13.4. The van der Waals surface area contributed by atoms with Crippen LogP contribution in [0.5, 0.6) is 0 Å². The average molecular weight is 297 g/mol. The van der Waals surface area contributed by atoms with E-state index in [1.165, 1.54) is 11.0 Å². The highest BCUT2D eigenvalue weighted by atomic mass is 35.5. The van der Waals surface area contributed by atoms with E-state index < -0.39 is 11.9 Å². The van der Waals surface area contributed by atoms with Crippen molar-refractivity contribution in [2.45, 2.75) is 18.8 Å². The standard InChI is InChI=1S/C14H14ClFN2O2/c15-11-5-9-10(7-17-13(9)6-12(11)16)8-1-3-18(4-2-8)14(19)20/h5-8,17H,1-4H2,(H,19,20). The number of H-pyrrole nitrogens is 1. The molecule has 1 fully saturated rings. The van der Waals surface area contributed by atoms with E-state index in [1.54, 1.807) is 6.07 Å². The molecule has 0 saturated carbocycles. The fraction of sp³-hybridized carbons (Fsp3) is 0.357. The van der Waals surface area contributed by atoms with Crippen LogP contribution < -0.4 is 0 Å². The highest BCUT2D eigenvalue weighted by molar-refractivity contribution is 6.31. The zero-order valence-electron chi connectivity index (χ0n) is 10.7. The Bertz CT molecular complexity index is 662. The number of aromatic nitrogens is 1. The third kappa shape index (κ3) is 2.22. The molecule has 3 rings (SSSR count). The molecule has 1 amide bonds. The first-order chi connectivity index (χ1) is 9.56. The van der Waals surface area contributed by atoms with Gasteiger partial charge in [-0.15, -0.1) is 0 Å². The Kier molecular flexibility index (Phi) is 3.30. The Morgan fingerprint density at radius 1 is 1.40 bits per heavy atom. The predicted molar refractivity (Wildman–Crippen MR) is 74.8 cm³/mol. The van der Waals surface area contributed by atoms with Gasteiger partial charge in [0, 0.05) is 30.2 Å². The zero-order chi connectivity index (χ0) is 14.3. The van der Waals surface area contributed by atoms with Crippen LogP contribution in [0.1, 0.15) is 24.3 Å². The van der Waals surface area contributed by atoms with Crippen LogP contribution in [-0.2, 0) is 0 Å². The minimum atomic E-state index is -0.868. The lowest BCUT2D eigenvalue weighted by Crippen LogP contribution is -2.36. The smallest absolute Gasteiger partial charge is 0.407 e.